The van der Waals surface area contributed by atoms with E-state index in [0.717, 1.165) is 5.82 Å². The lowest BCUT2D eigenvalue weighted by Gasteiger charge is -2.26. The first-order valence-electron chi connectivity index (χ1n) is 5.44. The minimum Gasteiger partial charge on any atom is -0.355 e. The third kappa shape index (κ3) is 2.20. The van der Waals surface area contributed by atoms with E-state index >= 15 is 0 Å². The van der Waals surface area contributed by atoms with Crippen LogP contribution in [0.5, 0.6) is 0 Å². The molecule has 0 spiro atoms. The maximum atomic E-state index is 6.09. The van der Waals surface area contributed by atoms with E-state index < -0.39 is 0 Å². The zero-order chi connectivity index (χ0) is 11.5. The molecule has 1 aliphatic rings. The van der Waals surface area contributed by atoms with Gasteiger partial charge in [0.2, 0.25) is 5.95 Å². The van der Waals surface area contributed by atoms with Crippen LogP contribution in [0.2, 0.25) is 5.02 Å². The number of aromatic nitrogens is 2. The van der Waals surface area contributed by atoms with Gasteiger partial charge >= 0.3 is 0 Å². The van der Waals surface area contributed by atoms with Crippen molar-refractivity contribution in [2.24, 2.45) is 5.84 Å². The Bertz CT molecular complexity index is 364. The van der Waals surface area contributed by atoms with Gasteiger partial charge in [-0.15, -0.1) is 0 Å². The van der Waals surface area contributed by atoms with Crippen LogP contribution in [-0.4, -0.2) is 23.1 Å². The summed E-state index contributed by atoms with van der Waals surface area (Å²) in [4.78, 5) is 10.4. The molecule has 0 unspecified atom stereocenters. The molecular formula is C10H16ClN5. The van der Waals surface area contributed by atoms with Crippen molar-refractivity contribution in [3.8, 4) is 0 Å². The molecular weight excluding hydrogens is 226 g/mol. The standard InChI is InChI=1S/C10H16ClN5/c1-16(7-4-2-3-5-7)9-8(11)6-13-10(14-9)15-12/h6-7H,2-5,12H2,1H3,(H,13,14,15). The largest absolute Gasteiger partial charge is 0.355 e. The first-order chi connectivity index (χ1) is 7.72. The second-order valence-corrected chi connectivity index (χ2v) is 4.47. The Morgan fingerprint density at radius 2 is 2.19 bits per heavy atom. The van der Waals surface area contributed by atoms with Crippen LogP contribution in [-0.2, 0) is 0 Å². The lowest BCUT2D eigenvalue weighted by atomic mass is 10.2. The van der Waals surface area contributed by atoms with E-state index in [4.69, 9.17) is 17.4 Å². The second-order valence-electron chi connectivity index (χ2n) is 4.06. The van der Waals surface area contributed by atoms with Gasteiger partial charge in [0.25, 0.3) is 0 Å². The molecule has 5 nitrogen and oxygen atoms in total. The van der Waals surface area contributed by atoms with Crippen molar-refractivity contribution in [3.63, 3.8) is 0 Å². The van der Waals surface area contributed by atoms with Crippen molar-refractivity contribution in [3.05, 3.63) is 11.2 Å². The molecule has 88 valence electrons. The third-order valence-corrected chi connectivity index (χ3v) is 3.33. The number of hydrogen-bond donors (Lipinski definition) is 2. The van der Waals surface area contributed by atoms with E-state index in [1.165, 1.54) is 25.7 Å². The molecule has 1 heterocycles. The Labute approximate surface area is 100.0 Å². The SMILES string of the molecule is CN(c1nc(NN)ncc1Cl)C1CCCC1. The Morgan fingerprint density at radius 3 is 2.81 bits per heavy atom. The number of nitrogens with one attached hydrogen (secondary N) is 1. The second kappa shape index (κ2) is 4.84. The highest BCUT2D eigenvalue weighted by Crippen LogP contribution is 2.30. The van der Waals surface area contributed by atoms with Crippen molar-refractivity contribution in [1.82, 2.24) is 9.97 Å². The van der Waals surface area contributed by atoms with E-state index in [9.17, 15) is 0 Å². The quantitative estimate of drug-likeness (QED) is 0.624. The summed E-state index contributed by atoms with van der Waals surface area (Å²) in [7, 11) is 2.02. The van der Waals surface area contributed by atoms with E-state index in [1.807, 2.05) is 7.05 Å². The summed E-state index contributed by atoms with van der Waals surface area (Å²) in [5.41, 5.74) is 2.43. The fourth-order valence-corrected chi connectivity index (χ4v) is 2.36. The lowest BCUT2D eigenvalue weighted by molar-refractivity contribution is 0.646. The van der Waals surface area contributed by atoms with Gasteiger partial charge in [-0.2, -0.15) is 4.98 Å². The van der Waals surface area contributed by atoms with Gasteiger partial charge in [0.05, 0.1) is 6.20 Å². The number of hydrazine groups is 1. The third-order valence-electron chi connectivity index (χ3n) is 3.06. The first-order valence-corrected chi connectivity index (χ1v) is 5.82. The summed E-state index contributed by atoms with van der Waals surface area (Å²) in [5, 5.41) is 0.563. The number of rotatable bonds is 3. The summed E-state index contributed by atoms with van der Waals surface area (Å²) < 4.78 is 0. The molecule has 3 N–H and O–H groups in total. The normalized spacial score (nSPS) is 16.4. The summed E-state index contributed by atoms with van der Waals surface area (Å²) in [6.07, 6.45) is 6.52. The fourth-order valence-electron chi connectivity index (χ4n) is 2.14. The molecule has 0 radical (unpaired) electrons. The molecule has 0 amide bonds. The van der Waals surface area contributed by atoms with Gasteiger partial charge < -0.3 is 4.90 Å². The van der Waals surface area contributed by atoms with Gasteiger partial charge in [-0.05, 0) is 12.8 Å². The summed E-state index contributed by atoms with van der Waals surface area (Å²) >= 11 is 6.09. The monoisotopic (exact) mass is 241 g/mol. The van der Waals surface area contributed by atoms with Crippen molar-refractivity contribution < 1.29 is 0 Å². The molecule has 0 saturated heterocycles. The van der Waals surface area contributed by atoms with Crippen LogP contribution in [0.1, 0.15) is 25.7 Å². The zero-order valence-electron chi connectivity index (χ0n) is 9.28. The van der Waals surface area contributed by atoms with Crippen LogP contribution in [0.3, 0.4) is 0 Å². The van der Waals surface area contributed by atoms with Crippen LogP contribution < -0.4 is 16.2 Å². The predicted molar refractivity (Wildman–Crippen MR) is 65.5 cm³/mol. The zero-order valence-corrected chi connectivity index (χ0v) is 10.0. The first kappa shape index (κ1) is 11.4. The van der Waals surface area contributed by atoms with E-state index in [2.05, 4.69) is 20.3 Å². The Balaban J connectivity index is 2.23. The van der Waals surface area contributed by atoms with Crippen molar-refractivity contribution in [1.29, 1.82) is 0 Å². The molecule has 1 aromatic heterocycles. The maximum absolute atomic E-state index is 6.09. The highest BCUT2D eigenvalue weighted by Gasteiger charge is 2.22. The molecule has 1 fully saturated rings. The summed E-state index contributed by atoms with van der Waals surface area (Å²) in [6, 6.07) is 0.526. The van der Waals surface area contributed by atoms with Gasteiger partial charge in [-0.25, -0.2) is 10.8 Å². The fraction of sp³-hybridized carbons (Fsp3) is 0.600. The minimum atomic E-state index is 0.393. The number of nitrogens with zero attached hydrogens (tertiary/aromatic N) is 3. The van der Waals surface area contributed by atoms with Gasteiger partial charge in [0.15, 0.2) is 5.82 Å². The number of hydrogen-bond acceptors (Lipinski definition) is 5. The van der Waals surface area contributed by atoms with Gasteiger partial charge in [0, 0.05) is 13.1 Å². The van der Waals surface area contributed by atoms with E-state index in [1.54, 1.807) is 6.20 Å². The average molecular weight is 242 g/mol. The predicted octanol–water partition coefficient (Wildman–Crippen LogP) is 1.79. The number of halogens is 1. The average Bonchev–Trinajstić information content (AvgIpc) is 2.82. The minimum absolute atomic E-state index is 0.393. The molecule has 1 saturated carbocycles. The van der Waals surface area contributed by atoms with E-state index in [-0.39, 0.29) is 0 Å². The maximum Gasteiger partial charge on any atom is 0.239 e. The highest BCUT2D eigenvalue weighted by atomic mass is 35.5. The molecule has 0 aliphatic heterocycles. The van der Waals surface area contributed by atoms with Crippen LogP contribution in [0.15, 0.2) is 6.20 Å². The van der Waals surface area contributed by atoms with Crippen molar-refractivity contribution in [2.75, 3.05) is 17.4 Å². The van der Waals surface area contributed by atoms with Crippen LogP contribution in [0, 0.1) is 0 Å². The van der Waals surface area contributed by atoms with Crippen LogP contribution in [0.4, 0.5) is 11.8 Å². The highest BCUT2D eigenvalue weighted by molar-refractivity contribution is 6.32. The van der Waals surface area contributed by atoms with Gasteiger partial charge in [-0.3, -0.25) is 5.43 Å². The van der Waals surface area contributed by atoms with Crippen LogP contribution in [0.25, 0.3) is 0 Å². The van der Waals surface area contributed by atoms with Crippen LogP contribution >= 0.6 is 11.6 Å². The van der Waals surface area contributed by atoms with E-state index in [0.29, 0.717) is 17.0 Å². The van der Waals surface area contributed by atoms with Crippen molar-refractivity contribution in [2.45, 2.75) is 31.7 Å². The molecule has 0 atom stereocenters. The Kier molecular flexibility index (Phi) is 3.46. The molecule has 16 heavy (non-hydrogen) atoms. The topological polar surface area (TPSA) is 67.1 Å². The molecule has 1 aliphatic carbocycles. The molecule has 2 rings (SSSR count). The van der Waals surface area contributed by atoms with Gasteiger partial charge in [0.1, 0.15) is 5.02 Å². The number of nitrogen functional groups attached to an aromatic ring is 1. The van der Waals surface area contributed by atoms with Crippen molar-refractivity contribution >= 4 is 23.4 Å². The summed E-state index contributed by atoms with van der Waals surface area (Å²) in [5.74, 6) is 6.43. The molecule has 6 heteroatoms. The molecule has 1 aromatic rings. The lowest BCUT2D eigenvalue weighted by Crippen LogP contribution is -2.30. The Hall–Kier alpha value is -1.07. The smallest absolute Gasteiger partial charge is 0.239 e. The van der Waals surface area contributed by atoms with Gasteiger partial charge in [-0.1, -0.05) is 24.4 Å². The molecule has 0 bridgehead atoms. The number of anilines is 2. The summed E-state index contributed by atoms with van der Waals surface area (Å²) in [6.45, 7) is 0. The Morgan fingerprint density at radius 1 is 1.50 bits per heavy atom. The molecule has 0 aromatic carbocycles. The number of nitrogens with two attached hydrogens (primary N) is 1.